The monoisotopic (exact) mass is 227 g/mol. The van der Waals surface area contributed by atoms with Crippen molar-refractivity contribution in [3.05, 3.63) is 34.1 Å². The minimum Gasteiger partial charge on any atom is -0.316 e. The van der Waals surface area contributed by atoms with Gasteiger partial charge < -0.3 is 5.32 Å². The Morgan fingerprint density at radius 3 is 2.93 bits per heavy atom. The Bertz CT molecular complexity index is 359. The largest absolute Gasteiger partial charge is 0.316 e. The fourth-order valence-electron chi connectivity index (χ4n) is 2.22. The molecule has 0 spiro atoms. The Morgan fingerprint density at radius 1 is 1.47 bits per heavy atom. The highest BCUT2D eigenvalue weighted by Crippen LogP contribution is 2.29. The highest BCUT2D eigenvalue weighted by atomic mass is 35.5. The Hall–Kier alpha value is -0.600. The van der Waals surface area contributed by atoms with E-state index in [2.05, 4.69) is 5.32 Å². The normalized spacial score (nSPS) is 21.7. The zero-order chi connectivity index (χ0) is 10.8. The molecule has 1 aromatic carbocycles. The highest BCUT2D eigenvalue weighted by molar-refractivity contribution is 6.30. The lowest BCUT2D eigenvalue weighted by atomic mass is 9.89. The summed E-state index contributed by atoms with van der Waals surface area (Å²) in [6.07, 6.45) is 2.34. The molecule has 15 heavy (non-hydrogen) atoms. The van der Waals surface area contributed by atoms with Gasteiger partial charge in [-0.3, -0.25) is 0 Å². The smallest absolute Gasteiger partial charge is 0.142 e. The second-order valence-electron chi connectivity index (χ2n) is 4.17. The molecule has 1 aliphatic heterocycles. The molecule has 0 saturated carbocycles. The van der Waals surface area contributed by atoms with Crippen molar-refractivity contribution in [3.63, 3.8) is 0 Å². The topological polar surface area (TPSA) is 12.0 Å². The summed E-state index contributed by atoms with van der Waals surface area (Å²) in [6, 6.07) is 3.32. The number of aryl methyl sites for hydroxylation is 1. The molecule has 0 amide bonds. The number of halogens is 2. The number of benzene rings is 1. The van der Waals surface area contributed by atoms with Gasteiger partial charge in [-0.1, -0.05) is 11.6 Å². The third-order valence-electron chi connectivity index (χ3n) is 3.05. The first-order valence-electron chi connectivity index (χ1n) is 5.34. The number of nitrogens with one attached hydrogen (secondary N) is 1. The molecule has 1 unspecified atom stereocenters. The summed E-state index contributed by atoms with van der Waals surface area (Å²) in [5.74, 6) is 0.165. The van der Waals surface area contributed by atoms with Crippen LogP contribution in [0.4, 0.5) is 4.39 Å². The van der Waals surface area contributed by atoms with Gasteiger partial charge in [0.1, 0.15) is 5.82 Å². The Labute approximate surface area is 94.6 Å². The maximum Gasteiger partial charge on any atom is 0.142 e. The van der Waals surface area contributed by atoms with Gasteiger partial charge in [-0.05, 0) is 55.5 Å². The maximum absolute atomic E-state index is 13.2. The van der Waals surface area contributed by atoms with Crippen molar-refractivity contribution >= 4 is 11.6 Å². The first-order valence-corrected chi connectivity index (χ1v) is 5.72. The number of hydrogen-bond donors (Lipinski definition) is 1. The summed E-state index contributed by atoms with van der Waals surface area (Å²) in [5.41, 5.74) is 2.19. The van der Waals surface area contributed by atoms with E-state index >= 15 is 0 Å². The van der Waals surface area contributed by atoms with Crippen LogP contribution in [-0.4, -0.2) is 13.1 Å². The Morgan fingerprint density at radius 2 is 2.27 bits per heavy atom. The molecule has 2 rings (SSSR count). The van der Waals surface area contributed by atoms with E-state index in [1.807, 2.05) is 6.92 Å². The van der Waals surface area contributed by atoms with E-state index in [-0.39, 0.29) is 10.8 Å². The Balaban J connectivity index is 2.30. The van der Waals surface area contributed by atoms with E-state index in [1.165, 1.54) is 18.1 Å². The van der Waals surface area contributed by atoms with Gasteiger partial charge in [0.15, 0.2) is 0 Å². The molecule has 82 valence electrons. The lowest BCUT2D eigenvalue weighted by molar-refractivity contribution is 0.460. The highest BCUT2D eigenvalue weighted by Gasteiger charge is 2.18. The van der Waals surface area contributed by atoms with Crippen molar-refractivity contribution in [3.8, 4) is 0 Å². The summed E-state index contributed by atoms with van der Waals surface area (Å²) in [6.45, 7) is 4.01. The SMILES string of the molecule is Cc1cc(F)c(Cl)cc1C1CCCNC1. The summed E-state index contributed by atoms with van der Waals surface area (Å²) >= 11 is 5.81. The first-order chi connectivity index (χ1) is 7.18. The van der Waals surface area contributed by atoms with Crippen LogP contribution in [0.2, 0.25) is 5.02 Å². The molecular formula is C12H15ClFN. The molecule has 1 fully saturated rings. The van der Waals surface area contributed by atoms with Crippen LogP contribution >= 0.6 is 11.6 Å². The molecule has 0 radical (unpaired) electrons. The molecule has 1 aromatic rings. The standard InChI is InChI=1S/C12H15ClFN/c1-8-5-12(14)11(13)6-10(8)9-3-2-4-15-7-9/h5-6,9,15H,2-4,7H2,1H3. The molecule has 3 heteroatoms. The lowest BCUT2D eigenvalue weighted by Crippen LogP contribution is -2.28. The molecule has 1 saturated heterocycles. The van der Waals surface area contributed by atoms with Gasteiger partial charge in [-0.15, -0.1) is 0 Å². The van der Waals surface area contributed by atoms with Crippen LogP contribution in [0.25, 0.3) is 0 Å². The van der Waals surface area contributed by atoms with Crippen LogP contribution in [0.1, 0.15) is 29.9 Å². The third kappa shape index (κ3) is 2.32. The molecule has 1 atom stereocenters. The fraction of sp³-hybridized carbons (Fsp3) is 0.500. The average Bonchev–Trinajstić information content (AvgIpc) is 2.25. The summed E-state index contributed by atoms with van der Waals surface area (Å²) < 4.78 is 13.2. The second kappa shape index (κ2) is 4.50. The minimum atomic E-state index is -0.318. The predicted molar refractivity (Wildman–Crippen MR) is 61.0 cm³/mol. The van der Waals surface area contributed by atoms with E-state index in [1.54, 1.807) is 6.07 Å². The van der Waals surface area contributed by atoms with Gasteiger partial charge in [-0.25, -0.2) is 4.39 Å². The van der Waals surface area contributed by atoms with Crippen molar-refractivity contribution in [2.24, 2.45) is 0 Å². The van der Waals surface area contributed by atoms with Crippen LogP contribution in [0.15, 0.2) is 12.1 Å². The molecule has 0 aromatic heterocycles. The van der Waals surface area contributed by atoms with E-state index in [4.69, 9.17) is 11.6 Å². The van der Waals surface area contributed by atoms with Gasteiger partial charge >= 0.3 is 0 Å². The minimum absolute atomic E-state index is 0.237. The zero-order valence-electron chi connectivity index (χ0n) is 8.82. The number of hydrogen-bond acceptors (Lipinski definition) is 1. The fourth-order valence-corrected chi connectivity index (χ4v) is 2.39. The molecule has 0 bridgehead atoms. The number of rotatable bonds is 1. The third-order valence-corrected chi connectivity index (χ3v) is 3.34. The van der Waals surface area contributed by atoms with Gasteiger partial charge in [0.2, 0.25) is 0 Å². The van der Waals surface area contributed by atoms with Crippen molar-refractivity contribution in [2.45, 2.75) is 25.7 Å². The molecule has 1 heterocycles. The average molecular weight is 228 g/mol. The molecule has 0 aliphatic carbocycles. The lowest BCUT2D eigenvalue weighted by Gasteiger charge is -2.24. The number of piperidine rings is 1. The quantitative estimate of drug-likeness (QED) is 0.777. The van der Waals surface area contributed by atoms with Crippen LogP contribution in [0, 0.1) is 12.7 Å². The van der Waals surface area contributed by atoms with Gasteiger partial charge in [0.05, 0.1) is 5.02 Å². The van der Waals surface area contributed by atoms with Crippen LogP contribution in [0.3, 0.4) is 0 Å². The van der Waals surface area contributed by atoms with Crippen molar-refractivity contribution in [1.82, 2.24) is 5.32 Å². The predicted octanol–water partition coefficient (Wildman–Crippen LogP) is 3.25. The molecular weight excluding hydrogens is 213 g/mol. The van der Waals surface area contributed by atoms with Crippen molar-refractivity contribution < 1.29 is 4.39 Å². The zero-order valence-corrected chi connectivity index (χ0v) is 9.57. The maximum atomic E-state index is 13.2. The van der Waals surface area contributed by atoms with E-state index in [9.17, 15) is 4.39 Å². The van der Waals surface area contributed by atoms with E-state index < -0.39 is 0 Å². The Kier molecular flexibility index (Phi) is 3.27. The summed E-state index contributed by atoms with van der Waals surface area (Å²) in [7, 11) is 0. The van der Waals surface area contributed by atoms with Crippen molar-refractivity contribution in [2.75, 3.05) is 13.1 Å². The van der Waals surface area contributed by atoms with Crippen LogP contribution < -0.4 is 5.32 Å². The van der Waals surface area contributed by atoms with Gasteiger partial charge in [0, 0.05) is 6.54 Å². The molecule has 1 N–H and O–H groups in total. The summed E-state index contributed by atoms with van der Waals surface area (Å²) in [4.78, 5) is 0. The van der Waals surface area contributed by atoms with E-state index in [0.717, 1.165) is 25.1 Å². The second-order valence-corrected chi connectivity index (χ2v) is 4.57. The van der Waals surface area contributed by atoms with Gasteiger partial charge in [-0.2, -0.15) is 0 Å². The molecule has 1 aliphatic rings. The van der Waals surface area contributed by atoms with Crippen LogP contribution in [-0.2, 0) is 0 Å². The molecule has 1 nitrogen and oxygen atoms in total. The first kappa shape index (κ1) is 10.9. The van der Waals surface area contributed by atoms with E-state index in [0.29, 0.717) is 5.92 Å². The van der Waals surface area contributed by atoms with Crippen molar-refractivity contribution in [1.29, 1.82) is 0 Å². The van der Waals surface area contributed by atoms with Gasteiger partial charge in [0.25, 0.3) is 0 Å². The summed E-state index contributed by atoms with van der Waals surface area (Å²) in [5, 5.41) is 3.59. The van der Waals surface area contributed by atoms with Crippen LogP contribution in [0.5, 0.6) is 0 Å².